The van der Waals surface area contributed by atoms with Crippen LogP contribution in [0.1, 0.15) is 0 Å². The number of oxazole rings is 1. The Morgan fingerprint density at radius 3 is 2.86 bits per heavy atom. The van der Waals surface area contributed by atoms with Gasteiger partial charge in [0.05, 0.1) is 5.02 Å². The van der Waals surface area contributed by atoms with Crippen LogP contribution < -0.4 is 0 Å². The Hall–Kier alpha value is -0.810. The number of aromatic nitrogens is 1. The van der Waals surface area contributed by atoms with Gasteiger partial charge in [0.25, 0.3) is 11.0 Å². The Labute approximate surface area is 87.2 Å². The Bertz CT molecular complexity index is 460. The summed E-state index contributed by atoms with van der Waals surface area (Å²) in [4.78, 5) is 3.85. The normalized spacial score (nSPS) is 11.4. The Kier molecular flexibility index (Phi) is 2.60. The van der Waals surface area contributed by atoms with Gasteiger partial charge in [-0.2, -0.15) is 8.78 Å². The molecule has 1 heterocycles. The molecule has 0 amide bonds. The first-order valence-corrected chi connectivity index (χ1v) is 4.92. The van der Waals surface area contributed by atoms with Crippen LogP contribution in [0.4, 0.5) is 8.78 Å². The summed E-state index contributed by atoms with van der Waals surface area (Å²) < 4.78 is 29.0. The van der Waals surface area contributed by atoms with Crippen LogP contribution in [0.15, 0.2) is 27.8 Å². The van der Waals surface area contributed by atoms with E-state index in [9.17, 15) is 8.78 Å². The van der Waals surface area contributed by atoms with Crippen LogP contribution in [-0.2, 0) is 0 Å². The first-order chi connectivity index (χ1) is 6.66. The van der Waals surface area contributed by atoms with Gasteiger partial charge in [0.1, 0.15) is 5.52 Å². The van der Waals surface area contributed by atoms with Crippen molar-refractivity contribution in [2.24, 2.45) is 0 Å². The van der Waals surface area contributed by atoms with Gasteiger partial charge in [-0.15, -0.1) is 0 Å². The molecule has 2 nitrogen and oxygen atoms in total. The maximum absolute atomic E-state index is 12.0. The van der Waals surface area contributed by atoms with E-state index in [0.717, 1.165) is 0 Å². The minimum atomic E-state index is -2.54. The average Bonchev–Trinajstić information content (AvgIpc) is 2.47. The van der Waals surface area contributed by atoms with Crippen LogP contribution in [0.5, 0.6) is 0 Å². The molecule has 0 N–H and O–H groups in total. The summed E-state index contributed by atoms with van der Waals surface area (Å²) in [5.41, 5.74) is 0.831. The summed E-state index contributed by atoms with van der Waals surface area (Å²) in [5, 5.41) is 0.305. The van der Waals surface area contributed by atoms with Crippen LogP contribution in [0, 0.1) is 0 Å². The van der Waals surface area contributed by atoms with Gasteiger partial charge in [0.2, 0.25) is 0 Å². The van der Waals surface area contributed by atoms with E-state index in [1.54, 1.807) is 18.2 Å². The lowest BCUT2D eigenvalue weighted by Gasteiger charge is -1.90. The maximum Gasteiger partial charge on any atom is 0.293 e. The number of hydrogen-bond donors (Lipinski definition) is 0. The molecular weight excluding hydrogens is 232 g/mol. The van der Waals surface area contributed by atoms with Crippen molar-refractivity contribution in [1.29, 1.82) is 0 Å². The summed E-state index contributed by atoms with van der Waals surface area (Å²) in [6, 6.07) is 4.95. The van der Waals surface area contributed by atoms with E-state index in [-0.39, 0.29) is 17.0 Å². The van der Waals surface area contributed by atoms with Gasteiger partial charge in [0, 0.05) is 11.8 Å². The third-order valence-corrected chi connectivity index (χ3v) is 2.39. The van der Waals surface area contributed by atoms with E-state index in [0.29, 0.717) is 16.1 Å². The van der Waals surface area contributed by atoms with E-state index in [4.69, 9.17) is 16.0 Å². The van der Waals surface area contributed by atoms with Gasteiger partial charge < -0.3 is 4.42 Å². The average molecular weight is 236 g/mol. The molecule has 0 unspecified atom stereocenters. The highest BCUT2D eigenvalue weighted by molar-refractivity contribution is 7.99. The van der Waals surface area contributed by atoms with Crippen LogP contribution in [0.2, 0.25) is 5.02 Å². The molecule has 0 aliphatic rings. The number of thioether (sulfide) groups is 1. The van der Waals surface area contributed by atoms with Crippen LogP contribution in [-0.4, -0.2) is 10.7 Å². The van der Waals surface area contributed by atoms with Gasteiger partial charge in [-0.05, 0) is 12.1 Å². The van der Waals surface area contributed by atoms with Crippen molar-refractivity contribution in [2.45, 2.75) is 11.0 Å². The summed E-state index contributed by atoms with van der Waals surface area (Å²) in [7, 11) is 0. The largest absolute Gasteiger partial charge is 0.430 e. The zero-order valence-corrected chi connectivity index (χ0v) is 8.28. The molecule has 0 atom stereocenters. The highest BCUT2D eigenvalue weighted by atomic mass is 35.5. The highest BCUT2D eigenvalue weighted by Crippen LogP contribution is 2.30. The van der Waals surface area contributed by atoms with Crippen molar-refractivity contribution in [3.63, 3.8) is 0 Å². The number of alkyl halides is 2. The second kappa shape index (κ2) is 3.74. The predicted molar refractivity (Wildman–Crippen MR) is 50.9 cm³/mol. The van der Waals surface area contributed by atoms with E-state index in [2.05, 4.69) is 4.98 Å². The molecule has 1 aromatic heterocycles. The molecule has 0 saturated heterocycles. The summed E-state index contributed by atoms with van der Waals surface area (Å²) in [6.07, 6.45) is 0. The highest BCUT2D eigenvalue weighted by Gasteiger charge is 2.13. The third-order valence-electron chi connectivity index (χ3n) is 1.54. The van der Waals surface area contributed by atoms with E-state index >= 15 is 0 Å². The SMILES string of the molecule is FC(F)Sc1nc2cccc(Cl)c2o1. The molecule has 0 aliphatic carbocycles. The molecule has 0 fully saturated rings. The second-order valence-corrected chi connectivity index (χ2v) is 3.79. The minimum absolute atomic E-state index is 0.0666. The van der Waals surface area contributed by atoms with Gasteiger partial charge in [0.15, 0.2) is 5.58 Å². The molecular formula is C8H4ClF2NOS. The van der Waals surface area contributed by atoms with Crippen molar-refractivity contribution in [1.82, 2.24) is 4.98 Å². The van der Waals surface area contributed by atoms with Crippen molar-refractivity contribution in [3.8, 4) is 0 Å². The van der Waals surface area contributed by atoms with Gasteiger partial charge in [-0.25, -0.2) is 4.98 Å². The summed E-state index contributed by atoms with van der Waals surface area (Å²) in [5.74, 6) is -2.54. The first kappa shape index (κ1) is 9.73. The predicted octanol–water partition coefficient (Wildman–Crippen LogP) is 3.80. The molecule has 0 radical (unpaired) electrons. The molecule has 1 aromatic carbocycles. The van der Waals surface area contributed by atoms with Gasteiger partial charge in [-0.3, -0.25) is 0 Å². The summed E-state index contributed by atoms with van der Waals surface area (Å²) in [6.45, 7) is 0. The number of rotatable bonds is 2. The van der Waals surface area contributed by atoms with Crippen molar-refractivity contribution in [3.05, 3.63) is 23.2 Å². The van der Waals surface area contributed by atoms with Gasteiger partial charge in [-0.1, -0.05) is 17.7 Å². The number of fused-ring (bicyclic) bond motifs is 1. The zero-order chi connectivity index (χ0) is 10.1. The van der Waals surface area contributed by atoms with Crippen molar-refractivity contribution >= 4 is 34.5 Å². The first-order valence-electron chi connectivity index (χ1n) is 3.66. The van der Waals surface area contributed by atoms with Crippen molar-refractivity contribution < 1.29 is 13.2 Å². The van der Waals surface area contributed by atoms with E-state index < -0.39 is 5.76 Å². The topological polar surface area (TPSA) is 26.0 Å². The van der Waals surface area contributed by atoms with Gasteiger partial charge >= 0.3 is 0 Å². The van der Waals surface area contributed by atoms with Crippen LogP contribution >= 0.6 is 23.4 Å². The number of para-hydroxylation sites is 1. The fraction of sp³-hybridized carbons (Fsp3) is 0.125. The fourth-order valence-electron chi connectivity index (χ4n) is 1.02. The standard InChI is InChI=1S/C8H4ClF2NOS/c9-4-2-1-3-5-6(4)13-8(12-5)14-7(10)11/h1-3,7H. The Morgan fingerprint density at radius 1 is 1.43 bits per heavy atom. The van der Waals surface area contributed by atoms with Crippen LogP contribution in [0.25, 0.3) is 11.1 Å². The molecule has 2 aromatic rings. The van der Waals surface area contributed by atoms with Crippen molar-refractivity contribution in [2.75, 3.05) is 0 Å². The molecule has 6 heteroatoms. The lowest BCUT2D eigenvalue weighted by molar-refractivity contribution is 0.249. The number of nitrogens with zero attached hydrogens (tertiary/aromatic N) is 1. The van der Waals surface area contributed by atoms with E-state index in [1.807, 2.05) is 0 Å². The molecule has 0 spiro atoms. The third kappa shape index (κ3) is 1.83. The molecule has 0 bridgehead atoms. The molecule has 14 heavy (non-hydrogen) atoms. The molecule has 74 valence electrons. The van der Waals surface area contributed by atoms with Crippen LogP contribution in [0.3, 0.4) is 0 Å². The molecule has 2 rings (SSSR count). The zero-order valence-electron chi connectivity index (χ0n) is 6.71. The second-order valence-electron chi connectivity index (χ2n) is 2.45. The Morgan fingerprint density at radius 2 is 2.21 bits per heavy atom. The molecule has 0 aliphatic heterocycles. The lowest BCUT2D eigenvalue weighted by atomic mass is 10.3. The number of benzene rings is 1. The Balaban J connectivity index is 2.46. The fourth-order valence-corrected chi connectivity index (χ4v) is 1.66. The summed E-state index contributed by atoms with van der Waals surface area (Å²) >= 11 is 6.04. The minimum Gasteiger partial charge on any atom is -0.430 e. The quantitative estimate of drug-likeness (QED) is 0.741. The maximum atomic E-state index is 12.0. The number of halogens is 3. The number of hydrogen-bond acceptors (Lipinski definition) is 3. The lowest BCUT2D eigenvalue weighted by Crippen LogP contribution is -1.79. The van der Waals surface area contributed by atoms with E-state index in [1.165, 1.54) is 0 Å². The monoisotopic (exact) mass is 235 g/mol. The smallest absolute Gasteiger partial charge is 0.293 e. The molecule has 0 saturated carbocycles.